The molecule has 0 aromatic rings. The van der Waals surface area contributed by atoms with E-state index in [2.05, 4.69) is 16.6 Å². The van der Waals surface area contributed by atoms with Crippen molar-refractivity contribution in [3.05, 3.63) is 12.7 Å². The molecule has 1 amide bonds. The van der Waals surface area contributed by atoms with Gasteiger partial charge >= 0.3 is 5.97 Å². The molecule has 0 aliphatic heterocycles. The van der Waals surface area contributed by atoms with Crippen molar-refractivity contribution in [1.29, 1.82) is 0 Å². The summed E-state index contributed by atoms with van der Waals surface area (Å²) in [6.45, 7) is 4.99. The standard InChI is InChI=1S/C9H16N2O3/c1-4-5-7(10)8(12)11-6(2)9(13)14-3/h4,6-7H,1,5,10H2,2-3H3,(H,11,12). The SMILES string of the molecule is C=CCC(N)C(=O)NC(C)C(=O)OC. The van der Waals surface area contributed by atoms with Crippen LogP contribution in [0.1, 0.15) is 13.3 Å². The largest absolute Gasteiger partial charge is 0.467 e. The fourth-order valence-electron chi connectivity index (χ4n) is 0.843. The van der Waals surface area contributed by atoms with Gasteiger partial charge in [0.1, 0.15) is 6.04 Å². The summed E-state index contributed by atoms with van der Waals surface area (Å²) in [6.07, 6.45) is 1.92. The molecule has 2 unspecified atom stereocenters. The third-order valence-corrected chi connectivity index (χ3v) is 1.67. The highest BCUT2D eigenvalue weighted by molar-refractivity contribution is 5.87. The molecule has 0 aromatic heterocycles. The monoisotopic (exact) mass is 200 g/mol. The lowest BCUT2D eigenvalue weighted by molar-refractivity contribution is -0.144. The van der Waals surface area contributed by atoms with Crippen molar-refractivity contribution >= 4 is 11.9 Å². The molecule has 14 heavy (non-hydrogen) atoms. The van der Waals surface area contributed by atoms with Gasteiger partial charge in [0.15, 0.2) is 0 Å². The summed E-state index contributed by atoms with van der Waals surface area (Å²) in [7, 11) is 1.26. The maximum absolute atomic E-state index is 11.3. The molecule has 0 heterocycles. The molecule has 0 saturated carbocycles. The van der Waals surface area contributed by atoms with Crippen LogP contribution in [0.4, 0.5) is 0 Å². The Morgan fingerprint density at radius 2 is 2.21 bits per heavy atom. The van der Waals surface area contributed by atoms with Crippen LogP contribution in [0.2, 0.25) is 0 Å². The topological polar surface area (TPSA) is 81.4 Å². The average Bonchev–Trinajstić information content (AvgIpc) is 2.16. The minimum atomic E-state index is -0.677. The van der Waals surface area contributed by atoms with Crippen molar-refractivity contribution in [2.75, 3.05) is 7.11 Å². The van der Waals surface area contributed by atoms with Crippen LogP contribution in [-0.4, -0.2) is 31.1 Å². The van der Waals surface area contributed by atoms with E-state index in [-0.39, 0.29) is 5.91 Å². The molecule has 0 bridgehead atoms. The second-order valence-electron chi connectivity index (χ2n) is 2.88. The Balaban J connectivity index is 4.04. The highest BCUT2D eigenvalue weighted by atomic mass is 16.5. The number of amides is 1. The van der Waals surface area contributed by atoms with E-state index in [9.17, 15) is 9.59 Å². The first-order valence-electron chi connectivity index (χ1n) is 4.27. The van der Waals surface area contributed by atoms with E-state index < -0.39 is 18.1 Å². The highest BCUT2D eigenvalue weighted by Gasteiger charge is 2.19. The van der Waals surface area contributed by atoms with Crippen LogP contribution < -0.4 is 11.1 Å². The Morgan fingerprint density at radius 1 is 1.64 bits per heavy atom. The fourth-order valence-corrected chi connectivity index (χ4v) is 0.843. The maximum atomic E-state index is 11.3. The number of nitrogens with two attached hydrogens (primary N) is 1. The lowest BCUT2D eigenvalue weighted by atomic mass is 10.2. The van der Waals surface area contributed by atoms with Crippen LogP contribution >= 0.6 is 0 Å². The summed E-state index contributed by atoms with van der Waals surface area (Å²) in [5.41, 5.74) is 5.48. The first-order valence-corrected chi connectivity index (χ1v) is 4.27. The molecule has 3 N–H and O–H groups in total. The zero-order chi connectivity index (χ0) is 11.1. The molecule has 0 aromatic carbocycles. The molecule has 2 atom stereocenters. The van der Waals surface area contributed by atoms with Gasteiger partial charge in [-0.15, -0.1) is 6.58 Å². The van der Waals surface area contributed by atoms with E-state index in [1.165, 1.54) is 14.0 Å². The van der Waals surface area contributed by atoms with Crippen LogP contribution in [0.25, 0.3) is 0 Å². The summed E-state index contributed by atoms with van der Waals surface area (Å²) in [5, 5.41) is 2.43. The third-order valence-electron chi connectivity index (χ3n) is 1.67. The number of hydrogen-bond acceptors (Lipinski definition) is 4. The molecular weight excluding hydrogens is 184 g/mol. The minimum Gasteiger partial charge on any atom is -0.467 e. The summed E-state index contributed by atoms with van der Waals surface area (Å²) in [4.78, 5) is 22.2. The van der Waals surface area contributed by atoms with Crippen molar-refractivity contribution < 1.29 is 14.3 Å². The predicted molar refractivity (Wildman–Crippen MR) is 52.4 cm³/mol. The van der Waals surface area contributed by atoms with Gasteiger partial charge in [0.05, 0.1) is 13.2 Å². The van der Waals surface area contributed by atoms with Crippen LogP contribution in [0.5, 0.6) is 0 Å². The first kappa shape index (κ1) is 12.6. The van der Waals surface area contributed by atoms with Crippen LogP contribution in [-0.2, 0) is 14.3 Å². The van der Waals surface area contributed by atoms with Gasteiger partial charge in [-0.05, 0) is 13.3 Å². The van der Waals surface area contributed by atoms with E-state index in [1.54, 1.807) is 6.08 Å². The van der Waals surface area contributed by atoms with Crippen LogP contribution in [0.3, 0.4) is 0 Å². The van der Waals surface area contributed by atoms with E-state index in [4.69, 9.17) is 5.73 Å². The number of ether oxygens (including phenoxy) is 1. The van der Waals surface area contributed by atoms with Crippen molar-refractivity contribution in [3.8, 4) is 0 Å². The van der Waals surface area contributed by atoms with Crippen LogP contribution in [0.15, 0.2) is 12.7 Å². The Labute approximate surface area is 83.3 Å². The maximum Gasteiger partial charge on any atom is 0.328 e. The molecule has 80 valence electrons. The number of carbonyl (C=O) groups excluding carboxylic acids is 2. The van der Waals surface area contributed by atoms with Gasteiger partial charge in [-0.1, -0.05) is 6.08 Å². The molecule has 0 aliphatic carbocycles. The second kappa shape index (κ2) is 6.15. The van der Waals surface area contributed by atoms with Crippen molar-refractivity contribution in [1.82, 2.24) is 5.32 Å². The molecule has 5 nitrogen and oxygen atoms in total. The van der Waals surface area contributed by atoms with Gasteiger partial charge in [0.25, 0.3) is 0 Å². The van der Waals surface area contributed by atoms with Crippen molar-refractivity contribution in [2.45, 2.75) is 25.4 Å². The summed E-state index contributed by atoms with van der Waals surface area (Å²) in [5.74, 6) is -0.882. The summed E-state index contributed by atoms with van der Waals surface area (Å²) in [6, 6.07) is -1.34. The van der Waals surface area contributed by atoms with Gasteiger partial charge < -0.3 is 15.8 Å². The predicted octanol–water partition coefficient (Wildman–Crippen LogP) is -0.432. The molecule has 0 saturated heterocycles. The molecule has 0 rings (SSSR count). The first-order chi connectivity index (χ1) is 6.52. The zero-order valence-corrected chi connectivity index (χ0v) is 8.45. The summed E-state index contributed by atoms with van der Waals surface area (Å²) >= 11 is 0. The Hall–Kier alpha value is -1.36. The third kappa shape index (κ3) is 4.04. The van der Waals surface area contributed by atoms with Crippen LogP contribution in [0, 0.1) is 0 Å². The Morgan fingerprint density at radius 3 is 2.64 bits per heavy atom. The number of esters is 1. The average molecular weight is 200 g/mol. The number of nitrogens with one attached hydrogen (secondary N) is 1. The molecule has 0 fully saturated rings. The molecule has 0 radical (unpaired) electrons. The minimum absolute atomic E-state index is 0.375. The van der Waals surface area contributed by atoms with Gasteiger partial charge in [-0.3, -0.25) is 4.79 Å². The zero-order valence-electron chi connectivity index (χ0n) is 8.45. The fraction of sp³-hybridized carbons (Fsp3) is 0.556. The van der Waals surface area contributed by atoms with E-state index in [0.29, 0.717) is 6.42 Å². The van der Waals surface area contributed by atoms with Gasteiger partial charge in [-0.2, -0.15) is 0 Å². The van der Waals surface area contributed by atoms with Gasteiger partial charge in [-0.25, -0.2) is 4.79 Å². The lowest BCUT2D eigenvalue weighted by Crippen LogP contribution is -2.47. The molecular formula is C9H16N2O3. The number of rotatable bonds is 5. The quantitative estimate of drug-likeness (QED) is 0.466. The normalized spacial score (nSPS) is 13.9. The number of hydrogen-bond donors (Lipinski definition) is 2. The Bertz CT molecular complexity index is 228. The molecule has 5 heteroatoms. The molecule has 0 aliphatic rings. The van der Waals surface area contributed by atoms with E-state index in [1.807, 2.05) is 0 Å². The van der Waals surface area contributed by atoms with Gasteiger partial charge in [0.2, 0.25) is 5.91 Å². The number of methoxy groups -OCH3 is 1. The lowest BCUT2D eigenvalue weighted by Gasteiger charge is -2.14. The van der Waals surface area contributed by atoms with Crippen molar-refractivity contribution in [3.63, 3.8) is 0 Å². The number of carbonyl (C=O) groups is 2. The van der Waals surface area contributed by atoms with E-state index in [0.717, 1.165) is 0 Å². The second-order valence-corrected chi connectivity index (χ2v) is 2.88. The molecule has 0 spiro atoms. The Kier molecular flexibility index (Phi) is 5.55. The summed E-state index contributed by atoms with van der Waals surface area (Å²) < 4.78 is 4.44. The van der Waals surface area contributed by atoms with E-state index >= 15 is 0 Å². The highest BCUT2D eigenvalue weighted by Crippen LogP contribution is 1.92. The van der Waals surface area contributed by atoms with Crippen molar-refractivity contribution in [2.24, 2.45) is 5.73 Å². The van der Waals surface area contributed by atoms with Gasteiger partial charge in [0, 0.05) is 0 Å². The smallest absolute Gasteiger partial charge is 0.328 e.